The molecule has 18 heteroatoms. The van der Waals surface area contributed by atoms with Crippen LogP contribution in [0.15, 0.2) is 72.8 Å². The number of nitrogens with zero attached hydrogens (tertiary/aromatic N) is 4. The van der Waals surface area contributed by atoms with Crippen molar-refractivity contribution in [3.05, 3.63) is 89.7 Å². The molecule has 344 valence electrons. The topological polar surface area (TPSA) is 235 Å². The summed E-state index contributed by atoms with van der Waals surface area (Å²) in [6.45, 7) is 10.1. The molecule has 64 heavy (non-hydrogen) atoms. The molecule has 4 aromatic rings. The number of hydrogen-bond donors (Lipinski definition) is 5. The molecule has 5 rings (SSSR count). The zero-order valence-corrected chi connectivity index (χ0v) is 37.9. The Hall–Kier alpha value is -5.66. The second-order valence-electron chi connectivity index (χ2n) is 15.8. The van der Waals surface area contributed by atoms with Gasteiger partial charge in [0.1, 0.15) is 24.1 Å². The zero-order valence-electron chi connectivity index (χ0n) is 37.1. The molecule has 2 aromatic carbocycles. The van der Waals surface area contributed by atoms with Gasteiger partial charge in [-0.15, -0.1) is 11.8 Å². The van der Waals surface area contributed by atoms with E-state index in [4.69, 9.17) is 30.7 Å². The summed E-state index contributed by atoms with van der Waals surface area (Å²) in [5.41, 5.74) is 15.9. The van der Waals surface area contributed by atoms with E-state index in [0.717, 1.165) is 50.6 Å². The fourth-order valence-corrected chi connectivity index (χ4v) is 8.03. The number of nitrogen functional groups attached to an aromatic ring is 1. The van der Waals surface area contributed by atoms with E-state index < -0.39 is 22.9 Å². The minimum Gasteiger partial charge on any atom is -0.382 e. The van der Waals surface area contributed by atoms with Crippen molar-refractivity contribution in [2.24, 2.45) is 5.73 Å². The van der Waals surface area contributed by atoms with Crippen molar-refractivity contribution in [1.29, 1.82) is 0 Å². The van der Waals surface area contributed by atoms with Crippen LogP contribution in [0.3, 0.4) is 0 Å². The minimum absolute atomic E-state index is 0.0478. The van der Waals surface area contributed by atoms with E-state index in [-0.39, 0.29) is 94.8 Å². The van der Waals surface area contributed by atoms with Crippen molar-refractivity contribution in [2.45, 2.75) is 83.5 Å². The lowest BCUT2D eigenvalue weighted by atomic mass is 10.0. The molecule has 2 atom stereocenters. The highest BCUT2D eigenvalue weighted by molar-refractivity contribution is 8.01. The van der Waals surface area contributed by atoms with Crippen LogP contribution in [-0.2, 0) is 57.8 Å². The maximum atomic E-state index is 13.0. The van der Waals surface area contributed by atoms with Gasteiger partial charge in [0.05, 0.1) is 54.0 Å². The number of hydrogen-bond acceptors (Lipinski definition) is 13. The number of anilines is 1. The largest absolute Gasteiger partial charge is 0.382 e. The monoisotopic (exact) mass is 899 g/mol. The summed E-state index contributed by atoms with van der Waals surface area (Å²) in [5.74, 6) is -0.718. The van der Waals surface area contributed by atoms with Crippen molar-refractivity contribution in [3.8, 4) is 0 Å². The van der Waals surface area contributed by atoms with Crippen LogP contribution in [0.25, 0.3) is 21.9 Å². The van der Waals surface area contributed by atoms with Crippen molar-refractivity contribution >= 4 is 69.1 Å². The molecule has 2 unspecified atom stereocenters. The van der Waals surface area contributed by atoms with E-state index in [0.29, 0.717) is 30.3 Å². The second-order valence-corrected chi connectivity index (χ2v) is 17.0. The number of pyridine rings is 1. The van der Waals surface area contributed by atoms with Gasteiger partial charge in [-0.05, 0) is 44.4 Å². The number of rotatable bonds is 24. The molecule has 0 bridgehead atoms. The number of amides is 5. The van der Waals surface area contributed by atoms with Gasteiger partial charge in [0.15, 0.2) is 5.82 Å². The van der Waals surface area contributed by atoms with Crippen molar-refractivity contribution in [2.75, 3.05) is 57.6 Å². The summed E-state index contributed by atoms with van der Waals surface area (Å²) in [5, 5.41) is 8.80. The summed E-state index contributed by atoms with van der Waals surface area (Å²) in [7, 11) is 0. The summed E-state index contributed by atoms with van der Waals surface area (Å²) < 4.78 is 18.9. The Bertz CT molecular complexity index is 2320. The summed E-state index contributed by atoms with van der Waals surface area (Å²) in [6.07, 6.45) is 0.0543. The number of carbonyl (C=O) groups excluding carboxylic acids is 5. The number of benzene rings is 1. The van der Waals surface area contributed by atoms with Gasteiger partial charge in [0.25, 0.3) is 0 Å². The third-order valence-corrected chi connectivity index (χ3v) is 11.4. The molecule has 1 fully saturated rings. The summed E-state index contributed by atoms with van der Waals surface area (Å²) in [4.78, 5) is 74.2. The zero-order chi connectivity index (χ0) is 46.1. The van der Waals surface area contributed by atoms with E-state index in [9.17, 15) is 24.0 Å². The van der Waals surface area contributed by atoms with Crippen LogP contribution in [0.1, 0.15) is 70.1 Å². The third-order valence-electron chi connectivity index (χ3n) is 10.2. The average molecular weight is 900 g/mol. The van der Waals surface area contributed by atoms with E-state index in [1.165, 1.54) is 0 Å². The Balaban J connectivity index is 0.942. The molecule has 3 heterocycles. The molecule has 17 nitrogen and oxygen atoms in total. The lowest BCUT2D eigenvalue weighted by Crippen LogP contribution is -2.47. The number of aromatic nitrogens is 3. The first-order valence-corrected chi connectivity index (χ1v) is 22.6. The Labute approximate surface area is 378 Å². The molecule has 1 aliphatic rings. The number of para-hydroxylation sites is 1. The number of thioether (sulfide) groups is 1. The van der Waals surface area contributed by atoms with Crippen molar-refractivity contribution in [1.82, 2.24) is 35.4 Å². The van der Waals surface area contributed by atoms with Crippen LogP contribution < -0.4 is 27.4 Å². The van der Waals surface area contributed by atoms with E-state index in [2.05, 4.69) is 20.9 Å². The average Bonchev–Trinajstić information content (AvgIpc) is 3.76. The Morgan fingerprint density at radius 1 is 0.891 bits per heavy atom. The second kappa shape index (κ2) is 24.4. The SMILES string of the molecule is CCOCc1nc2c(N)nc3ccccc3c2n1CC(C)(C)NC(=O)CCOCCOCCNC(=O)CCN1C(=O)CC(SCC(=O)NC(N)c2cccccccc(CC)c2)C1=O. The van der Waals surface area contributed by atoms with Crippen LogP contribution in [-0.4, -0.2) is 112 Å². The normalized spacial score (nSPS) is 14.5. The van der Waals surface area contributed by atoms with Gasteiger partial charge in [-0.3, -0.25) is 28.9 Å². The van der Waals surface area contributed by atoms with Crippen LogP contribution in [0, 0.1) is 0 Å². The Kier molecular flexibility index (Phi) is 18.8. The van der Waals surface area contributed by atoms with Gasteiger partial charge < -0.3 is 46.2 Å². The van der Waals surface area contributed by atoms with E-state index >= 15 is 0 Å². The highest BCUT2D eigenvalue weighted by Gasteiger charge is 2.39. The highest BCUT2D eigenvalue weighted by atomic mass is 32.2. The quantitative estimate of drug-likeness (QED) is 0.0383. The van der Waals surface area contributed by atoms with E-state index in [1.54, 1.807) is 0 Å². The molecule has 0 radical (unpaired) electrons. The fraction of sp³-hybridized carbons (Fsp3) is 0.457. The number of carbonyl (C=O) groups is 5. The number of fused-ring (bicyclic) bond motifs is 3. The smallest absolute Gasteiger partial charge is 0.242 e. The summed E-state index contributed by atoms with van der Waals surface area (Å²) in [6, 6.07) is 23.0. The van der Waals surface area contributed by atoms with Gasteiger partial charge >= 0.3 is 0 Å². The molecule has 7 N–H and O–H groups in total. The van der Waals surface area contributed by atoms with Gasteiger partial charge in [0.2, 0.25) is 29.5 Å². The van der Waals surface area contributed by atoms with Crippen LogP contribution >= 0.6 is 11.8 Å². The number of aryl methyl sites for hydroxylation is 1. The predicted octanol–water partition coefficient (Wildman–Crippen LogP) is 3.85. The molecular formula is C46H61N9O8S. The number of imidazole rings is 1. The molecular weight excluding hydrogens is 839 g/mol. The standard InChI is InChI=1S/C46H61N9O8S/c1-5-31-14-10-8-7-9-11-15-32(26-31)43(47)52-39(58)29-64-35-27-40(59)54(45(35)60)21-18-37(56)49-20-23-63-25-24-62-22-19-38(57)53-46(3,4)30-55-36(28-61-6-2)51-41-42(55)33-16-12-13-17-34(33)50-44(41)48/h7-17,26,35,43H,5-6,18-25,27-30,47H2,1-4H3,(H2,48,50)(H,49,56)(H,52,58)(H,53,57). The Morgan fingerprint density at radius 3 is 2.38 bits per heavy atom. The van der Waals surface area contributed by atoms with Crippen molar-refractivity contribution < 1.29 is 38.2 Å². The molecule has 1 saturated heterocycles. The predicted molar refractivity (Wildman–Crippen MR) is 247 cm³/mol. The lowest BCUT2D eigenvalue weighted by molar-refractivity contribution is -0.138. The first-order valence-electron chi connectivity index (χ1n) is 21.6. The van der Waals surface area contributed by atoms with E-state index in [1.807, 2.05) is 105 Å². The molecule has 5 amide bonds. The lowest BCUT2D eigenvalue weighted by Gasteiger charge is -2.28. The van der Waals surface area contributed by atoms with Gasteiger partial charge in [0, 0.05) is 50.9 Å². The number of imide groups is 1. The number of nitrogens with one attached hydrogen (secondary N) is 3. The van der Waals surface area contributed by atoms with Crippen molar-refractivity contribution in [3.63, 3.8) is 0 Å². The van der Waals surface area contributed by atoms with Crippen LogP contribution in [0.4, 0.5) is 5.82 Å². The number of likely N-dealkylation sites (tertiary alicyclic amines) is 1. The first-order chi connectivity index (χ1) is 30.8. The van der Waals surface area contributed by atoms with Crippen LogP contribution in [0.2, 0.25) is 0 Å². The molecule has 0 aliphatic carbocycles. The third kappa shape index (κ3) is 14.4. The molecule has 2 aromatic heterocycles. The minimum atomic E-state index is -0.764. The maximum absolute atomic E-state index is 13.0. The fourth-order valence-electron chi connectivity index (χ4n) is 7.06. The van der Waals surface area contributed by atoms with Gasteiger partial charge in [-0.25, -0.2) is 9.97 Å². The molecule has 1 aliphatic heterocycles. The summed E-state index contributed by atoms with van der Waals surface area (Å²) >= 11 is 1.08. The maximum Gasteiger partial charge on any atom is 0.242 e. The highest BCUT2D eigenvalue weighted by Crippen LogP contribution is 2.30. The molecule has 0 spiro atoms. The number of nitrogens with two attached hydrogens (primary N) is 2. The number of ether oxygens (including phenoxy) is 3. The van der Waals surface area contributed by atoms with Gasteiger partial charge in [-0.1, -0.05) is 73.7 Å². The first kappa shape index (κ1) is 49.4. The molecule has 0 saturated carbocycles. The Morgan fingerprint density at radius 2 is 1.61 bits per heavy atom. The van der Waals surface area contributed by atoms with Crippen LogP contribution in [0.5, 0.6) is 0 Å². The van der Waals surface area contributed by atoms with Gasteiger partial charge in [-0.2, -0.15) is 0 Å².